The highest BCUT2D eigenvalue weighted by atomic mass is 16.4. The lowest BCUT2D eigenvalue weighted by atomic mass is 10.1. The number of carbonyl (C=O) groups excluding carboxylic acids is 1. The number of ketones is 1. The van der Waals surface area contributed by atoms with Gasteiger partial charge in [0, 0.05) is 11.3 Å². The molecule has 4 nitrogen and oxygen atoms in total. The van der Waals surface area contributed by atoms with E-state index in [-0.39, 0.29) is 5.71 Å². The predicted octanol–water partition coefficient (Wildman–Crippen LogP) is 1.47. The zero-order valence-electron chi connectivity index (χ0n) is 7.47. The first-order chi connectivity index (χ1) is 6.70. The van der Waals surface area contributed by atoms with Gasteiger partial charge < -0.3 is 10.9 Å². The second-order valence-corrected chi connectivity index (χ2v) is 2.61. The van der Waals surface area contributed by atoms with Gasteiger partial charge in [-0.2, -0.15) is 0 Å². The van der Waals surface area contributed by atoms with Crippen LogP contribution in [-0.4, -0.2) is 16.7 Å². The molecule has 1 aromatic rings. The zero-order valence-corrected chi connectivity index (χ0v) is 7.47. The average molecular weight is 190 g/mol. The Bertz CT molecular complexity index is 397. The van der Waals surface area contributed by atoms with Crippen LogP contribution in [0.15, 0.2) is 42.1 Å². The van der Waals surface area contributed by atoms with Crippen LogP contribution in [0.1, 0.15) is 10.4 Å². The number of para-hydroxylation sites is 1. The number of oxime groups is 1. The summed E-state index contributed by atoms with van der Waals surface area (Å²) in [5.74, 6) is -0.444. The Hall–Kier alpha value is -2.10. The van der Waals surface area contributed by atoms with Crippen molar-refractivity contribution >= 4 is 17.2 Å². The van der Waals surface area contributed by atoms with Crippen molar-refractivity contribution in [3.05, 3.63) is 42.5 Å². The molecule has 0 amide bonds. The summed E-state index contributed by atoms with van der Waals surface area (Å²) in [6.07, 6.45) is 1.18. The van der Waals surface area contributed by atoms with Gasteiger partial charge in [0.05, 0.1) is 0 Å². The van der Waals surface area contributed by atoms with Gasteiger partial charge >= 0.3 is 0 Å². The minimum Gasteiger partial charge on any atom is -0.410 e. The van der Waals surface area contributed by atoms with Gasteiger partial charge in [0.1, 0.15) is 5.71 Å². The topological polar surface area (TPSA) is 75.7 Å². The maximum absolute atomic E-state index is 11.6. The summed E-state index contributed by atoms with van der Waals surface area (Å²) in [7, 11) is 0. The number of allylic oxidation sites excluding steroid dienone is 1. The molecular formula is C10H10N2O2. The van der Waals surface area contributed by atoms with Gasteiger partial charge in [0.25, 0.3) is 0 Å². The molecule has 0 aliphatic rings. The molecule has 0 spiro atoms. The molecule has 0 aliphatic carbocycles. The Labute approximate surface area is 81.3 Å². The van der Waals surface area contributed by atoms with Crippen molar-refractivity contribution in [2.24, 2.45) is 5.16 Å². The molecule has 0 unspecified atom stereocenters. The van der Waals surface area contributed by atoms with Gasteiger partial charge in [-0.05, 0) is 18.2 Å². The Kier molecular flexibility index (Phi) is 3.01. The summed E-state index contributed by atoms with van der Waals surface area (Å²) in [4.78, 5) is 11.6. The number of carbonyl (C=O) groups is 1. The fourth-order valence-electron chi connectivity index (χ4n) is 1.02. The van der Waals surface area contributed by atoms with E-state index in [1.165, 1.54) is 6.08 Å². The van der Waals surface area contributed by atoms with E-state index in [4.69, 9.17) is 10.9 Å². The number of nitrogens with two attached hydrogens (primary N) is 1. The number of nitrogen functional groups attached to an aromatic ring is 1. The van der Waals surface area contributed by atoms with Crippen molar-refractivity contribution in [1.29, 1.82) is 0 Å². The van der Waals surface area contributed by atoms with Crippen LogP contribution >= 0.6 is 0 Å². The molecule has 14 heavy (non-hydrogen) atoms. The lowest BCUT2D eigenvalue weighted by molar-refractivity contribution is 0.106. The fraction of sp³-hybridized carbons (Fsp3) is 0. The van der Waals surface area contributed by atoms with Gasteiger partial charge in [-0.15, -0.1) is 0 Å². The third-order valence-corrected chi connectivity index (χ3v) is 1.74. The quantitative estimate of drug-likeness (QED) is 0.249. The van der Waals surface area contributed by atoms with Gasteiger partial charge in [-0.1, -0.05) is 23.9 Å². The fourth-order valence-corrected chi connectivity index (χ4v) is 1.02. The Morgan fingerprint density at radius 1 is 1.50 bits per heavy atom. The molecule has 0 atom stereocenters. The molecule has 0 saturated carbocycles. The number of nitrogens with zero attached hydrogens (tertiary/aromatic N) is 1. The van der Waals surface area contributed by atoms with Gasteiger partial charge in [0.15, 0.2) is 0 Å². The van der Waals surface area contributed by atoms with Crippen LogP contribution < -0.4 is 5.73 Å². The molecule has 0 bridgehead atoms. The van der Waals surface area contributed by atoms with E-state index in [0.29, 0.717) is 11.3 Å². The second-order valence-electron chi connectivity index (χ2n) is 2.61. The number of Topliss-reactive ketones (excluding diaryl/α,β-unsaturated/α-hetero) is 1. The molecule has 4 heteroatoms. The first-order valence-electron chi connectivity index (χ1n) is 3.94. The number of hydrogen-bond donors (Lipinski definition) is 2. The third-order valence-electron chi connectivity index (χ3n) is 1.74. The van der Waals surface area contributed by atoms with Crippen LogP contribution in [-0.2, 0) is 0 Å². The number of rotatable bonds is 3. The van der Waals surface area contributed by atoms with Crippen LogP contribution in [0.4, 0.5) is 5.69 Å². The maximum Gasteiger partial charge on any atom is 0.216 e. The average Bonchev–Trinajstić information content (AvgIpc) is 2.20. The Morgan fingerprint density at radius 3 is 2.64 bits per heavy atom. The third kappa shape index (κ3) is 1.80. The highest BCUT2D eigenvalue weighted by molar-refractivity contribution is 6.50. The normalized spacial score (nSPS) is 11.0. The molecule has 1 rings (SSSR count). The monoisotopic (exact) mass is 190 g/mol. The second kappa shape index (κ2) is 4.23. The van der Waals surface area contributed by atoms with E-state index >= 15 is 0 Å². The number of benzene rings is 1. The molecule has 0 heterocycles. The number of hydrogen-bond acceptors (Lipinski definition) is 4. The van der Waals surface area contributed by atoms with Gasteiger partial charge in [-0.25, -0.2) is 0 Å². The standard InChI is InChI=1S/C10H10N2O2/c1-2-9(12-14)10(13)7-5-3-4-6-8(7)11/h2-6,14H,1,11H2. The van der Waals surface area contributed by atoms with Crippen LogP contribution in [0.5, 0.6) is 0 Å². The van der Waals surface area contributed by atoms with Crippen molar-refractivity contribution in [3.63, 3.8) is 0 Å². The van der Waals surface area contributed by atoms with Gasteiger partial charge in [-0.3, -0.25) is 4.79 Å². The molecule has 0 saturated heterocycles. The van der Waals surface area contributed by atoms with E-state index in [9.17, 15) is 4.79 Å². The molecule has 0 aromatic heterocycles. The predicted molar refractivity (Wildman–Crippen MR) is 54.6 cm³/mol. The van der Waals surface area contributed by atoms with Crippen LogP contribution in [0.3, 0.4) is 0 Å². The Morgan fingerprint density at radius 2 is 2.14 bits per heavy atom. The molecule has 72 valence electrons. The van der Waals surface area contributed by atoms with Crippen LogP contribution in [0.25, 0.3) is 0 Å². The summed E-state index contributed by atoms with van der Waals surface area (Å²) >= 11 is 0. The SMILES string of the molecule is C=CC(=NO)C(=O)c1ccccc1N. The molecule has 1 aromatic carbocycles. The number of anilines is 1. The van der Waals surface area contributed by atoms with Crippen molar-refractivity contribution < 1.29 is 10.0 Å². The smallest absolute Gasteiger partial charge is 0.216 e. The summed E-state index contributed by atoms with van der Waals surface area (Å²) in [5, 5.41) is 11.3. The van der Waals surface area contributed by atoms with E-state index in [1.807, 2.05) is 0 Å². The minimum absolute atomic E-state index is 0.122. The molecular weight excluding hydrogens is 180 g/mol. The van der Waals surface area contributed by atoms with E-state index in [0.717, 1.165) is 0 Å². The minimum atomic E-state index is -0.444. The van der Waals surface area contributed by atoms with Crippen molar-refractivity contribution in [2.45, 2.75) is 0 Å². The molecule has 0 aliphatic heterocycles. The summed E-state index contributed by atoms with van der Waals surface area (Å²) in [6.45, 7) is 3.36. The van der Waals surface area contributed by atoms with Gasteiger partial charge in [0.2, 0.25) is 5.78 Å². The highest BCUT2D eigenvalue weighted by Crippen LogP contribution is 2.12. The molecule has 0 fully saturated rings. The first kappa shape index (κ1) is 9.98. The lowest BCUT2D eigenvalue weighted by Crippen LogP contribution is -2.13. The summed E-state index contributed by atoms with van der Waals surface area (Å²) in [5.41, 5.74) is 6.11. The van der Waals surface area contributed by atoms with Crippen LogP contribution in [0, 0.1) is 0 Å². The first-order valence-corrected chi connectivity index (χ1v) is 3.94. The zero-order chi connectivity index (χ0) is 10.6. The molecule has 0 radical (unpaired) electrons. The van der Waals surface area contributed by atoms with Crippen molar-refractivity contribution in [1.82, 2.24) is 0 Å². The molecule has 3 N–H and O–H groups in total. The maximum atomic E-state index is 11.6. The highest BCUT2D eigenvalue weighted by Gasteiger charge is 2.13. The van der Waals surface area contributed by atoms with Crippen LogP contribution in [0.2, 0.25) is 0 Å². The van der Waals surface area contributed by atoms with E-state index in [1.54, 1.807) is 24.3 Å². The summed E-state index contributed by atoms with van der Waals surface area (Å²) < 4.78 is 0. The van der Waals surface area contributed by atoms with Crippen molar-refractivity contribution in [2.75, 3.05) is 5.73 Å². The van der Waals surface area contributed by atoms with Crippen molar-refractivity contribution in [3.8, 4) is 0 Å². The Balaban J connectivity index is 3.13. The largest absolute Gasteiger partial charge is 0.410 e. The summed E-state index contributed by atoms with van der Waals surface area (Å²) in [6, 6.07) is 6.56. The lowest BCUT2D eigenvalue weighted by Gasteiger charge is -2.02. The van der Waals surface area contributed by atoms with E-state index in [2.05, 4.69) is 11.7 Å². The van der Waals surface area contributed by atoms with E-state index < -0.39 is 5.78 Å².